The summed E-state index contributed by atoms with van der Waals surface area (Å²) in [5.74, 6) is 2.71. The number of hydrogen-bond donors (Lipinski definition) is 2. The van der Waals surface area contributed by atoms with E-state index in [-0.39, 0.29) is 35.9 Å². The number of piperazine rings is 1. The Morgan fingerprint density at radius 1 is 1.23 bits per heavy atom. The summed E-state index contributed by atoms with van der Waals surface area (Å²) in [6.07, 6.45) is 0. The Bertz CT molecular complexity index is 607. The number of hydrogen-bond acceptors (Lipinski definition) is 5. The molecule has 1 fully saturated rings. The van der Waals surface area contributed by atoms with E-state index in [2.05, 4.69) is 35.6 Å². The fraction of sp³-hybridized carbons (Fsp3) is 0.750. The van der Waals surface area contributed by atoms with Crippen LogP contribution in [0.1, 0.15) is 25.5 Å². The number of rotatable bonds is 5. The second-order valence-corrected chi connectivity index (χ2v) is 6.61. The van der Waals surface area contributed by atoms with Crippen molar-refractivity contribution < 1.29 is 4.79 Å². The van der Waals surface area contributed by atoms with Crippen LogP contribution in [0.25, 0.3) is 0 Å². The number of guanidine groups is 1. The Kier molecular flexibility index (Phi) is 9.27. The first-order valence-corrected chi connectivity index (χ1v) is 8.73. The van der Waals surface area contributed by atoms with Gasteiger partial charge in [0, 0.05) is 46.3 Å². The Labute approximate surface area is 172 Å². The van der Waals surface area contributed by atoms with Crippen LogP contribution in [0.4, 0.5) is 0 Å². The second-order valence-electron chi connectivity index (χ2n) is 6.61. The summed E-state index contributed by atoms with van der Waals surface area (Å²) in [5, 5.41) is 14.5. The standard InChI is InChI=1S/C16H30N8O.HI/c1-12(2)19-15(25)11-23-6-8-24(9-7-23)16(17-4)18-10-14-21-20-13(3)22(14)5;/h12H,6-11H2,1-5H3,(H,17,18)(H,19,25);1H. The average Bonchev–Trinajstić information content (AvgIpc) is 2.88. The van der Waals surface area contributed by atoms with Crippen molar-refractivity contribution in [3.8, 4) is 0 Å². The van der Waals surface area contributed by atoms with E-state index in [4.69, 9.17) is 0 Å². The van der Waals surface area contributed by atoms with Crippen molar-refractivity contribution in [2.45, 2.75) is 33.4 Å². The molecule has 0 aliphatic carbocycles. The van der Waals surface area contributed by atoms with Crippen LogP contribution < -0.4 is 10.6 Å². The van der Waals surface area contributed by atoms with Crippen LogP contribution in [0.5, 0.6) is 0 Å². The SMILES string of the molecule is CN=C(NCc1nnc(C)n1C)N1CCN(CC(=O)NC(C)C)CC1.I. The van der Waals surface area contributed by atoms with E-state index < -0.39 is 0 Å². The maximum Gasteiger partial charge on any atom is 0.234 e. The molecule has 0 saturated carbocycles. The fourth-order valence-electron chi connectivity index (χ4n) is 2.78. The molecule has 2 heterocycles. The number of halogens is 1. The van der Waals surface area contributed by atoms with Gasteiger partial charge in [0.25, 0.3) is 0 Å². The Morgan fingerprint density at radius 2 is 1.88 bits per heavy atom. The predicted molar refractivity (Wildman–Crippen MR) is 113 cm³/mol. The minimum Gasteiger partial charge on any atom is -0.353 e. The number of aryl methyl sites for hydroxylation is 1. The largest absolute Gasteiger partial charge is 0.353 e. The molecule has 1 aromatic heterocycles. The van der Waals surface area contributed by atoms with Gasteiger partial charge in [0.1, 0.15) is 5.82 Å². The predicted octanol–water partition coefficient (Wildman–Crippen LogP) is -0.0409. The van der Waals surface area contributed by atoms with Gasteiger partial charge in [-0.2, -0.15) is 0 Å². The van der Waals surface area contributed by atoms with Gasteiger partial charge in [0.2, 0.25) is 5.91 Å². The van der Waals surface area contributed by atoms with Crippen LogP contribution in [-0.4, -0.2) is 82.2 Å². The summed E-state index contributed by atoms with van der Waals surface area (Å²) in [7, 11) is 3.74. The summed E-state index contributed by atoms with van der Waals surface area (Å²) in [6, 6.07) is 0.182. The van der Waals surface area contributed by atoms with Crippen molar-refractivity contribution in [3.05, 3.63) is 11.6 Å². The van der Waals surface area contributed by atoms with E-state index in [0.29, 0.717) is 13.1 Å². The monoisotopic (exact) mass is 478 g/mol. The lowest BCUT2D eigenvalue weighted by Crippen LogP contribution is -2.54. The fourth-order valence-corrected chi connectivity index (χ4v) is 2.78. The minimum absolute atomic E-state index is 0. The molecular formula is C16H31IN8O. The molecule has 1 aromatic rings. The van der Waals surface area contributed by atoms with E-state index >= 15 is 0 Å². The molecule has 1 amide bonds. The van der Waals surface area contributed by atoms with E-state index in [0.717, 1.165) is 43.8 Å². The van der Waals surface area contributed by atoms with Crippen LogP contribution in [-0.2, 0) is 18.4 Å². The summed E-state index contributed by atoms with van der Waals surface area (Å²) < 4.78 is 1.96. The van der Waals surface area contributed by atoms with Crippen molar-refractivity contribution in [1.29, 1.82) is 0 Å². The topological polar surface area (TPSA) is 90.7 Å². The zero-order valence-electron chi connectivity index (χ0n) is 16.3. The summed E-state index contributed by atoms with van der Waals surface area (Å²) in [5.41, 5.74) is 0. The number of carbonyl (C=O) groups excluding carboxylic acids is 1. The van der Waals surface area contributed by atoms with Gasteiger partial charge < -0.3 is 20.1 Å². The van der Waals surface area contributed by atoms with Gasteiger partial charge in [-0.15, -0.1) is 34.2 Å². The molecule has 2 N–H and O–H groups in total. The van der Waals surface area contributed by atoms with Crippen LogP contribution in [0.2, 0.25) is 0 Å². The molecule has 1 aliphatic heterocycles. The number of nitrogens with one attached hydrogen (secondary N) is 2. The van der Waals surface area contributed by atoms with Gasteiger partial charge in [-0.3, -0.25) is 14.7 Å². The highest BCUT2D eigenvalue weighted by Crippen LogP contribution is 2.03. The van der Waals surface area contributed by atoms with E-state index in [9.17, 15) is 4.79 Å². The highest BCUT2D eigenvalue weighted by atomic mass is 127. The molecule has 0 radical (unpaired) electrons. The van der Waals surface area contributed by atoms with Gasteiger partial charge in [0.15, 0.2) is 11.8 Å². The van der Waals surface area contributed by atoms with Gasteiger partial charge in [-0.05, 0) is 20.8 Å². The van der Waals surface area contributed by atoms with Crippen molar-refractivity contribution >= 4 is 35.8 Å². The Hall–Kier alpha value is -1.43. The quantitative estimate of drug-likeness (QED) is 0.351. The lowest BCUT2D eigenvalue weighted by atomic mass is 10.3. The normalized spacial score (nSPS) is 15.8. The lowest BCUT2D eigenvalue weighted by Gasteiger charge is -2.36. The lowest BCUT2D eigenvalue weighted by molar-refractivity contribution is -0.123. The van der Waals surface area contributed by atoms with Gasteiger partial charge in [-0.1, -0.05) is 0 Å². The first-order chi connectivity index (χ1) is 11.9. The zero-order valence-corrected chi connectivity index (χ0v) is 18.7. The summed E-state index contributed by atoms with van der Waals surface area (Å²) in [4.78, 5) is 20.6. The number of amides is 1. The first kappa shape index (κ1) is 22.6. The Morgan fingerprint density at radius 3 is 2.38 bits per heavy atom. The molecule has 0 spiro atoms. The van der Waals surface area contributed by atoms with Crippen LogP contribution in [0.3, 0.4) is 0 Å². The van der Waals surface area contributed by atoms with E-state index in [1.807, 2.05) is 32.4 Å². The maximum absolute atomic E-state index is 11.9. The highest BCUT2D eigenvalue weighted by molar-refractivity contribution is 14.0. The zero-order chi connectivity index (χ0) is 18.4. The molecule has 1 aliphatic rings. The van der Waals surface area contributed by atoms with Crippen molar-refractivity contribution in [2.75, 3.05) is 39.8 Å². The molecule has 2 rings (SSSR count). The van der Waals surface area contributed by atoms with Crippen LogP contribution in [0.15, 0.2) is 4.99 Å². The molecular weight excluding hydrogens is 447 g/mol. The molecule has 0 unspecified atom stereocenters. The molecule has 148 valence electrons. The third-order valence-electron chi connectivity index (χ3n) is 4.29. The third-order valence-corrected chi connectivity index (χ3v) is 4.29. The highest BCUT2D eigenvalue weighted by Gasteiger charge is 2.21. The van der Waals surface area contributed by atoms with E-state index in [1.165, 1.54) is 0 Å². The van der Waals surface area contributed by atoms with Crippen LogP contribution >= 0.6 is 24.0 Å². The first-order valence-electron chi connectivity index (χ1n) is 8.73. The summed E-state index contributed by atoms with van der Waals surface area (Å²) >= 11 is 0. The van der Waals surface area contributed by atoms with Crippen LogP contribution in [0, 0.1) is 6.92 Å². The minimum atomic E-state index is 0. The van der Waals surface area contributed by atoms with Crippen molar-refractivity contribution in [2.24, 2.45) is 12.0 Å². The Balaban J connectivity index is 0.00000338. The molecule has 1 saturated heterocycles. The van der Waals surface area contributed by atoms with Gasteiger partial charge >= 0.3 is 0 Å². The number of aliphatic imine (C=N–C) groups is 1. The number of aromatic nitrogens is 3. The average molecular weight is 478 g/mol. The maximum atomic E-state index is 11.9. The van der Waals surface area contributed by atoms with Crippen molar-refractivity contribution in [1.82, 2.24) is 35.2 Å². The van der Waals surface area contributed by atoms with Gasteiger partial charge in [0.05, 0.1) is 13.1 Å². The molecule has 9 nitrogen and oxygen atoms in total. The second kappa shape index (κ2) is 10.7. The molecule has 10 heteroatoms. The molecule has 26 heavy (non-hydrogen) atoms. The molecule has 0 aromatic carbocycles. The molecule has 0 bridgehead atoms. The number of nitrogens with zero attached hydrogens (tertiary/aromatic N) is 6. The van der Waals surface area contributed by atoms with E-state index in [1.54, 1.807) is 7.05 Å². The van der Waals surface area contributed by atoms with Crippen molar-refractivity contribution in [3.63, 3.8) is 0 Å². The smallest absolute Gasteiger partial charge is 0.234 e. The third kappa shape index (κ3) is 6.38. The number of carbonyl (C=O) groups is 1. The summed E-state index contributed by atoms with van der Waals surface area (Å²) in [6.45, 7) is 10.3. The van der Waals surface area contributed by atoms with Gasteiger partial charge in [-0.25, -0.2) is 0 Å². The molecule has 0 atom stereocenters.